The second-order valence-electron chi connectivity index (χ2n) is 6.77. The Balaban J connectivity index is 2.41. The minimum absolute atomic E-state index is 0.0295. The van der Waals surface area contributed by atoms with Crippen molar-refractivity contribution < 1.29 is 4.79 Å². The van der Waals surface area contributed by atoms with Gasteiger partial charge in [-0.25, -0.2) is 0 Å². The highest BCUT2D eigenvalue weighted by Gasteiger charge is 2.47. The highest BCUT2D eigenvalue weighted by Crippen LogP contribution is 2.38. The molecule has 5 heteroatoms. The average molecular weight is 264 g/mol. The second-order valence-corrected chi connectivity index (χ2v) is 6.77. The van der Waals surface area contributed by atoms with Gasteiger partial charge in [0.05, 0.1) is 0 Å². The molecule has 0 atom stereocenters. The Morgan fingerprint density at radius 1 is 1.32 bits per heavy atom. The van der Waals surface area contributed by atoms with E-state index in [-0.39, 0.29) is 23.0 Å². The van der Waals surface area contributed by atoms with E-state index < -0.39 is 0 Å². The first kappa shape index (κ1) is 14.1. The van der Waals surface area contributed by atoms with Gasteiger partial charge < -0.3 is 10.6 Å². The fraction of sp³-hybridized carbons (Fsp3) is 0.714. The lowest BCUT2D eigenvalue weighted by Gasteiger charge is -2.54. The Hall–Kier alpha value is -1.36. The first-order valence-electron chi connectivity index (χ1n) is 6.73. The van der Waals surface area contributed by atoms with Gasteiger partial charge >= 0.3 is 0 Å². The molecule has 1 amide bonds. The summed E-state index contributed by atoms with van der Waals surface area (Å²) in [4.78, 5) is 14.8. The summed E-state index contributed by atoms with van der Waals surface area (Å²) in [5.41, 5.74) is 6.27. The Kier molecular flexibility index (Phi) is 3.21. The van der Waals surface area contributed by atoms with E-state index in [4.69, 9.17) is 5.73 Å². The predicted octanol–water partition coefficient (Wildman–Crippen LogP) is 1.54. The van der Waals surface area contributed by atoms with Gasteiger partial charge in [0, 0.05) is 30.4 Å². The molecule has 19 heavy (non-hydrogen) atoms. The number of nitrogens with zero attached hydrogens (tertiary/aromatic N) is 3. The molecule has 0 radical (unpaired) electrons. The second kappa shape index (κ2) is 4.34. The van der Waals surface area contributed by atoms with Crippen LogP contribution in [0.5, 0.6) is 0 Å². The molecule has 0 bridgehead atoms. The van der Waals surface area contributed by atoms with E-state index >= 15 is 0 Å². The summed E-state index contributed by atoms with van der Waals surface area (Å²) in [6.07, 6.45) is 3.29. The highest BCUT2D eigenvalue weighted by atomic mass is 16.2. The van der Waals surface area contributed by atoms with Gasteiger partial charge in [0.1, 0.15) is 5.69 Å². The van der Waals surface area contributed by atoms with Crippen molar-refractivity contribution in [2.45, 2.75) is 57.7 Å². The molecular formula is C14H24N4O. The average Bonchev–Trinajstić information content (AvgIpc) is 2.59. The van der Waals surface area contributed by atoms with Crippen LogP contribution in [0.3, 0.4) is 0 Å². The number of hydrogen-bond donors (Lipinski definition) is 1. The highest BCUT2D eigenvalue weighted by molar-refractivity contribution is 5.93. The van der Waals surface area contributed by atoms with Gasteiger partial charge in [-0.2, -0.15) is 5.10 Å². The molecule has 0 spiro atoms. The van der Waals surface area contributed by atoms with Crippen LogP contribution in [-0.4, -0.2) is 37.7 Å². The van der Waals surface area contributed by atoms with Crippen molar-refractivity contribution in [1.29, 1.82) is 0 Å². The van der Waals surface area contributed by atoms with E-state index in [9.17, 15) is 4.79 Å². The van der Waals surface area contributed by atoms with Crippen LogP contribution >= 0.6 is 0 Å². The zero-order valence-corrected chi connectivity index (χ0v) is 12.5. The van der Waals surface area contributed by atoms with Crippen molar-refractivity contribution in [1.82, 2.24) is 14.7 Å². The third-order valence-corrected chi connectivity index (χ3v) is 3.98. The lowest BCUT2D eigenvalue weighted by molar-refractivity contribution is -0.0179. The summed E-state index contributed by atoms with van der Waals surface area (Å²) in [5.74, 6) is 0.0295. The van der Waals surface area contributed by atoms with Gasteiger partial charge in [0.2, 0.25) is 0 Å². The fourth-order valence-electron chi connectivity index (χ4n) is 3.61. The van der Waals surface area contributed by atoms with Crippen molar-refractivity contribution in [2.75, 3.05) is 0 Å². The van der Waals surface area contributed by atoms with E-state index in [1.54, 1.807) is 24.0 Å². The van der Waals surface area contributed by atoms with Crippen LogP contribution in [0.2, 0.25) is 0 Å². The molecule has 0 aliphatic carbocycles. The molecule has 2 N–H and O–H groups in total. The van der Waals surface area contributed by atoms with Crippen LogP contribution in [0.4, 0.5) is 0 Å². The summed E-state index contributed by atoms with van der Waals surface area (Å²) >= 11 is 0. The number of nitrogens with two attached hydrogens (primary N) is 1. The number of carbonyl (C=O) groups excluding carboxylic acids is 1. The van der Waals surface area contributed by atoms with Crippen LogP contribution < -0.4 is 5.73 Å². The Morgan fingerprint density at radius 2 is 1.84 bits per heavy atom. The largest absolute Gasteiger partial charge is 0.328 e. The number of likely N-dealkylation sites (tertiary alicyclic amines) is 1. The van der Waals surface area contributed by atoms with Crippen LogP contribution in [0.25, 0.3) is 0 Å². The number of amides is 1. The molecule has 1 saturated heterocycles. The lowest BCUT2D eigenvalue weighted by Crippen LogP contribution is -2.65. The molecule has 0 saturated carbocycles. The van der Waals surface area contributed by atoms with Crippen LogP contribution in [-0.2, 0) is 7.05 Å². The van der Waals surface area contributed by atoms with Gasteiger partial charge in [-0.3, -0.25) is 9.48 Å². The van der Waals surface area contributed by atoms with E-state index in [2.05, 4.69) is 32.8 Å². The van der Waals surface area contributed by atoms with Crippen LogP contribution in [0.15, 0.2) is 12.3 Å². The monoisotopic (exact) mass is 264 g/mol. The minimum Gasteiger partial charge on any atom is -0.328 e. The first-order chi connectivity index (χ1) is 8.65. The van der Waals surface area contributed by atoms with E-state index in [0.29, 0.717) is 5.69 Å². The molecule has 1 aromatic heterocycles. The van der Waals surface area contributed by atoms with Gasteiger partial charge in [-0.15, -0.1) is 0 Å². The van der Waals surface area contributed by atoms with Gasteiger partial charge in [-0.05, 0) is 46.6 Å². The number of hydrogen-bond acceptors (Lipinski definition) is 3. The zero-order valence-electron chi connectivity index (χ0n) is 12.5. The molecule has 1 aromatic rings. The van der Waals surface area contributed by atoms with E-state index in [0.717, 1.165) is 12.8 Å². The number of aromatic nitrogens is 2. The molecule has 0 aromatic carbocycles. The Bertz CT molecular complexity index is 471. The van der Waals surface area contributed by atoms with Gasteiger partial charge in [0.25, 0.3) is 5.91 Å². The standard InChI is InChI=1S/C14H24N4O/c1-13(2)8-10(15)9-14(3,4)18(13)12(19)11-6-7-16-17(11)5/h6-7,10H,8-9,15H2,1-5H3. The topological polar surface area (TPSA) is 64.2 Å². The number of rotatable bonds is 1. The zero-order chi connectivity index (χ0) is 14.4. The minimum atomic E-state index is -0.248. The van der Waals surface area contributed by atoms with Crippen molar-refractivity contribution in [2.24, 2.45) is 12.8 Å². The van der Waals surface area contributed by atoms with Crippen molar-refractivity contribution in [3.05, 3.63) is 18.0 Å². The van der Waals surface area contributed by atoms with Gasteiger partial charge in [-0.1, -0.05) is 0 Å². The number of piperidine rings is 1. The summed E-state index contributed by atoms with van der Waals surface area (Å²) in [5, 5.41) is 4.09. The van der Waals surface area contributed by atoms with Crippen molar-refractivity contribution >= 4 is 5.91 Å². The van der Waals surface area contributed by atoms with Crippen molar-refractivity contribution in [3.63, 3.8) is 0 Å². The third-order valence-electron chi connectivity index (χ3n) is 3.98. The predicted molar refractivity (Wildman–Crippen MR) is 74.7 cm³/mol. The van der Waals surface area contributed by atoms with Crippen molar-refractivity contribution in [3.8, 4) is 0 Å². The fourth-order valence-corrected chi connectivity index (χ4v) is 3.61. The number of carbonyl (C=O) groups is 1. The maximum atomic E-state index is 12.8. The smallest absolute Gasteiger partial charge is 0.272 e. The molecule has 106 valence electrons. The summed E-state index contributed by atoms with van der Waals surface area (Å²) < 4.78 is 1.63. The Morgan fingerprint density at radius 3 is 2.26 bits per heavy atom. The molecular weight excluding hydrogens is 240 g/mol. The van der Waals surface area contributed by atoms with Crippen LogP contribution in [0.1, 0.15) is 51.0 Å². The summed E-state index contributed by atoms with van der Waals surface area (Å²) in [6.45, 7) is 8.34. The molecule has 0 unspecified atom stereocenters. The van der Waals surface area contributed by atoms with Gasteiger partial charge in [0.15, 0.2) is 0 Å². The van der Waals surface area contributed by atoms with Crippen LogP contribution in [0, 0.1) is 0 Å². The quantitative estimate of drug-likeness (QED) is 0.837. The van der Waals surface area contributed by atoms with E-state index in [1.165, 1.54) is 0 Å². The molecule has 1 aliphatic heterocycles. The number of aryl methyl sites for hydroxylation is 1. The summed E-state index contributed by atoms with van der Waals surface area (Å²) in [7, 11) is 1.79. The molecule has 2 heterocycles. The molecule has 1 aliphatic rings. The third kappa shape index (κ3) is 2.39. The molecule has 5 nitrogen and oxygen atoms in total. The van der Waals surface area contributed by atoms with E-state index in [1.807, 2.05) is 4.90 Å². The lowest BCUT2D eigenvalue weighted by atomic mass is 9.77. The Labute approximate surface area is 114 Å². The normalized spacial score (nSPS) is 22.5. The maximum Gasteiger partial charge on any atom is 0.272 e. The molecule has 1 fully saturated rings. The summed E-state index contributed by atoms with van der Waals surface area (Å²) in [6, 6.07) is 1.91. The molecule has 2 rings (SSSR count). The maximum absolute atomic E-state index is 12.8. The first-order valence-corrected chi connectivity index (χ1v) is 6.73. The SMILES string of the molecule is Cn1nccc1C(=O)N1C(C)(C)CC(N)CC1(C)C.